The number of nitrogens with one attached hydrogen (secondary N) is 1. The average Bonchev–Trinajstić information content (AvgIpc) is 3.17. The molecule has 0 radical (unpaired) electrons. The molecule has 2 fully saturated rings. The number of nitrogens with zero attached hydrogens (tertiary/aromatic N) is 5. The van der Waals surface area contributed by atoms with Crippen LogP contribution in [0.5, 0.6) is 0 Å². The first-order valence-corrected chi connectivity index (χ1v) is 8.21. The predicted octanol–water partition coefficient (Wildman–Crippen LogP) is 1.38. The van der Waals surface area contributed by atoms with Crippen LogP contribution in [0.4, 0.5) is 0 Å². The Balaban J connectivity index is 1.61. The molecule has 2 aliphatic rings. The molecule has 1 saturated carbocycles. The Bertz CT molecular complexity index is 757. The van der Waals surface area contributed by atoms with Gasteiger partial charge in [-0.15, -0.1) is 0 Å². The number of carbonyl (C=O) groups excluding carboxylic acids is 1. The van der Waals surface area contributed by atoms with Gasteiger partial charge in [-0.1, -0.05) is 0 Å². The average molecular weight is 328 g/mol. The number of carbonyl (C=O) groups is 1. The van der Waals surface area contributed by atoms with Crippen molar-refractivity contribution < 1.29 is 9.53 Å². The van der Waals surface area contributed by atoms with Crippen LogP contribution in [0.2, 0.25) is 0 Å². The summed E-state index contributed by atoms with van der Waals surface area (Å²) in [6, 6.07) is 1.58. The first-order valence-electron chi connectivity index (χ1n) is 8.21. The third-order valence-corrected chi connectivity index (χ3v) is 4.62. The molecular formula is C16H20N6O2. The van der Waals surface area contributed by atoms with Crippen molar-refractivity contribution in [2.24, 2.45) is 0 Å². The Hall–Kier alpha value is -2.35. The van der Waals surface area contributed by atoms with Crippen LogP contribution in [0.25, 0.3) is 0 Å². The summed E-state index contributed by atoms with van der Waals surface area (Å²) < 4.78 is 5.47. The first kappa shape index (κ1) is 15.2. The van der Waals surface area contributed by atoms with Gasteiger partial charge in [-0.25, -0.2) is 15.0 Å². The zero-order valence-corrected chi connectivity index (χ0v) is 13.8. The zero-order chi connectivity index (χ0) is 16.7. The van der Waals surface area contributed by atoms with E-state index in [1.165, 1.54) is 0 Å². The lowest BCUT2D eigenvalue weighted by molar-refractivity contribution is 0.0672. The number of methoxy groups -OCH3 is 1. The minimum Gasteiger partial charge on any atom is -0.380 e. The largest absolute Gasteiger partial charge is 0.380 e. The second kappa shape index (κ2) is 5.94. The highest BCUT2D eigenvalue weighted by Gasteiger charge is 2.40. The number of rotatable bonds is 4. The molecule has 1 saturated heterocycles. The molecule has 8 nitrogen and oxygen atoms in total. The van der Waals surface area contributed by atoms with Crippen LogP contribution in [0.3, 0.4) is 0 Å². The highest BCUT2D eigenvalue weighted by Crippen LogP contribution is 2.39. The summed E-state index contributed by atoms with van der Waals surface area (Å²) in [5, 5.41) is 7.32. The van der Waals surface area contributed by atoms with Crippen LogP contribution in [-0.4, -0.2) is 55.7 Å². The fourth-order valence-electron chi connectivity index (χ4n) is 3.09. The number of amides is 1. The van der Waals surface area contributed by atoms with Crippen LogP contribution in [0, 0.1) is 6.92 Å². The minimum atomic E-state index is -0.201. The Morgan fingerprint density at radius 3 is 2.92 bits per heavy atom. The Morgan fingerprint density at radius 2 is 2.21 bits per heavy atom. The van der Waals surface area contributed by atoms with Gasteiger partial charge in [0.2, 0.25) is 5.82 Å². The molecule has 1 amide bonds. The van der Waals surface area contributed by atoms with Crippen LogP contribution in [0.15, 0.2) is 12.3 Å². The van der Waals surface area contributed by atoms with Gasteiger partial charge in [0.1, 0.15) is 5.82 Å². The number of ether oxygens (including phenoxy) is 1. The van der Waals surface area contributed by atoms with Crippen molar-refractivity contribution in [3.05, 3.63) is 35.4 Å². The summed E-state index contributed by atoms with van der Waals surface area (Å²) in [5.41, 5.74) is 0.767. The van der Waals surface area contributed by atoms with Crippen molar-refractivity contribution >= 4 is 5.91 Å². The van der Waals surface area contributed by atoms with Crippen LogP contribution in [0.1, 0.15) is 59.2 Å². The van der Waals surface area contributed by atoms with E-state index >= 15 is 0 Å². The van der Waals surface area contributed by atoms with Crippen molar-refractivity contribution in [3.63, 3.8) is 0 Å². The van der Waals surface area contributed by atoms with Crippen molar-refractivity contribution in [3.8, 4) is 0 Å². The van der Waals surface area contributed by atoms with E-state index in [4.69, 9.17) is 4.74 Å². The van der Waals surface area contributed by atoms with Crippen molar-refractivity contribution in [1.82, 2.24) is 30.0 Å². The van der Waals surface area contributed by atoms with Gasteiger partial charge >= 0.3 is 0 Å². The third-order valence-electron chi connectivity index (χ3n) is 4.62. The van der Waals surface area contributed by atoms with Gasteiger partial charge in [0.25, 0.3) is 5.91 Å². The van der Waals surface area contributed by atoms with Gasteiger partial charge in [0, 0.05) is 37.9 Å². The Kier molecular flexibility index (Phi) is 3.76. The molecule has 0 spiro atoms. The van der Waals surface area contributed by atoms with E-state index < -0.39 is 0 Å². The lowest BCUT2D eigenvalue weighted by Gasteiger charge is -2.21. The topological polar surface area (TPSA) is 96.9 Å². The van der Waals surface area contributed by atoms with E-state index in [0.717, 1.165) is 30.2 Å². The van der Waals surface area contributed by atoms with Crippen LogP contribution < -0.4 is 0 Å². The van der Waals surface area contributed by atoms with Crippen LogP contribution in [-0.2, 0) is 4.74 Å². The van der Waals surface area contributed by atoms with E-state index in [1.54, 1.807) is 24.3 Å². The van der Waals surface area contributed by atoms with Crippen molar-refractivity contribution in [1.29, 1.82) is 0 Å². The minimum absolute atomic E-state index is 0.0294. The highest BCUT2D eigenvalue weighted by molar-refractivity contribution is 5.91. The molecule has 1 N–H and O–H groups in total. The van der Waals surface area contributed by atoms with Crippen molar-refractivity contribution in [2.75, 3.05) is 13.7 Å². The summed E-state index contributed by atoms with van der Waals surface area (Å²) in [5.74, 6) is 2.05. The standard InChI is InChI=1S/C16H20N6O2/c1-9-5-6-17-15(18-9)16(23)22-8-11(24-2)7-12(22)14-19-13(20-21-14)10-3-4-10/h5-6,10-12H,3-4,7-8H2,1-2H3,(H,19,20,21)/t11-,12+/m1/s1. The number of likely N-dealkylation sites (tertiary alicyclic amines) is 1. The fourth-order valence-corrected chi connectivity index (χ4v) is 3.09. The number of hydrogen-bond acceptors (Lipinski definition) is 6. The molecule has 1 aliphatic heterocycles. The van der Waals surface area contributed by atoms with Gasteiger partial charge in [-0.2, -0.15) is 5.10 Å². The summed E-state index contributed by atoms with van der Waals surface area (Å²) in [6.07, 6.45) is 4.55. The number of aryl methyl sites for hydroxylation is 1. The van der Waals surface area contributed by atoms with Gasteiger partial charge in [0.05, 0.1) is 12.1 Å². The van der Waals surface area contributed by atoms with E-state index in [9.17, 15) is 4.79 Å². The molecule has 0 aromatic carbocycles. The van der Waals surface area contributed by atoms with Gasteiger partial charge in [-0.3, -0.25) is 9.89 Å². The molecule has 0 unspecified atom stereocenters. The number of H-pyrrole nitrogens is 1. The molecule has 126 valence electrons. The molecule has 24 heavy (non-hydrogen) atoms. The van der Waals surface area contributed by atoms with Gasteiger partial charge in [0.15, 0.2) is 5.82 Å². The summed E-state index contributed by atoms with van der Waals surface area (Å²) >= 11 is 0. The van der Waals surface area contributed by atoms with Gasteiger partial charge in [-0.05, 0) is 25.8 Å². The third kappa shape index (κ3) is 2.77. The summed E-state index contributed by atoms with van der Waals surface area (Å²) in [6.45, 7) is 2.34. The lowest BCUT2D eigenvalue weighted by atomic mass is 10.2. The Morgan fingerprint density at radius 1 is 1.38 bits per heavy atom. The molecular weight excluding hydrogens is 308 g/mol. The molecule has 2 aromatic heterocycles. The molecule has 1 aliphatic carbocycles. The predicted molar refractivity (Wildman–Crippen MR) is 84.3 cm³/mol. The summed E-state index contributed by atoms with van der Waals surface area (Å²) in [7, 11) is 1.66. The van der Waals surface area contributed by atoms with E-state index in [1.807, 2.05) is 6.92 Å². The smallest absolute Gasteiger partial charge is 0.292 e. The molecule has 2 atom stereocenters. The van der Waals surface area contributed by atoms with E-state index in [-0.39, 0.29) is 23.9 Å². The highest BCUT2D eigenvalue weighted by atomic mass is 16.5. The zero-order valence-electron chi connectivity index (χ0n) is 13.8. The number of aromatic amines is 1. The second-order valence-electron chi connectivity index (χ2n) is 6.44. The van der Waals surface area contributed by atoms with Gasteiger partial charge < -0.3 is 9.64 Å². The van der Waals surface area contributed by atoms with Crippen LogP contribution >= 0.6 is 0 Å². The maximum absolute atomic E-state index is 12.9. The molecule has 4 rings (SSSR count). The number of aromatic nitrogens is 5. The maximum atomic E-state index is 12.9. The van der Waals surface area contributed by atoms with E-state index in [0.29, 0.717) is 18.9 Å². The molecule has 0 bridgehead atoms. The molecule has 2 aromatic rings. The normalized spacial score (nSPS) is 23.7. The molecule has 3 heterocycles. The number of hydrogen-bond donors (Lipinski definition) is 1. The second-order valence-corrected chi connectivity index (χ2v) is 6.44. The van der Waals surface area contributed by atoms with E-state index in [2.05, 4.69) is 25.1 Å². The Labute approximate surface area is 139 Å². The first-order chi connectivity index (χ1) is 11.7. The summed E-state index contributed by atoms with van der Waals surface area (Å²) in [4.78, 5) is 27.6. The quantitative estimate of drug-likeness (QED) is 0.911. The monoisotopic (exact) mass is 328 g/mol. The SMILES string of the molecule is CO[C@@H]1C[C@@H](c2nc(C3CC3)n[nH]2)N(C(=O)c2nccc(C)n2)C1. The lowest BCUT2D eigenvalue weighted by Crippen LogP contribution is -2.33. The maximum Gasteiger partial charge on any atom is 0.292 e. The van der Waals surface area contributed by atoms with Crippen molar-refractivity contribution in [2.45, 2.75) is 44.2 Å². The molecule has 8 heteroatoms. The fraction of sp³-hybridized carbons (Fsp3) is 0.562.